The van der Waals surface area contributed by atoms with E-state index >= 15 is 0 Å². The molecule has 0 saturated heterocycles. The summed E-state index contributed by atoms with van der Waals surface area (Å²) in [6, 6.07) is 19.5. The molecule has 0 heterocycles. The van der Waals surface area contributed by atoms with E-state index < -0.39 is 6.04 Å². The van der Waals surface area contributed by atoms with Crippen molar-refractivity contribution < 1.29 is 6.85 Å². The Morgan fingerprint density at radius 3 is 2.13 bits per heavy atom. The predicted molar refractivity (Wildman–Crippen MR) is 130 cm³/mol. The number of nitrogens with two attached hydrogens (primary N) is 1. The minimum absolute atomic E-state index is 0.0576. The Hall–Kier alpha value is -3.52. The Morgan fingerprint density at radius 2 is 1.43 bits per heavy atom. The Labute approximate surface area is 186 Å². The quantitative estimate of drug-likeness (QED) is 0.347. The normalized spacial score (nSPS) is 13.6. The van der Waals surface area contributed by atoms with Gasteiger partial charge < -0.3 is 11.1 Å². The average Bonchev–Trinajstić information content (AvgIpc) is 2.83. The summed E-state index contributed by atoms with van der Waals surface area (Å²) >= 11 is 0. The number of hydrogen-bond acceptors (Lipinski definition) is 2. The second-order valence-corrected chi connectivity index (χ2v) is 8.27. The lowest BCUT2D eigenvalue weighted by Crippen LogP contribution is -2.10. The molecule has 150 valence electrons. The summed E-state index contributed by atoms with van der Waals surface area (Å²) in [5, 5.41) is 3.41. The molecule has 4 aromatic carbocycles. The van der Waals surface area contributed by atoms with Crippen LogP contribution in [0.25, 0.3) is 22.3 Å². The van der Waals surface area contributed by atoms with E-state index in [0.29, 0.717) is 22.6 Å². The van der Waals surface area contributed by atoms with Crippen LogP contribution in [-0.2, 0) is 5.41 Å². The number of hydrogen-bond donors (Lipinski definition) is 2. The van der Waals surface area contributed by atoms with Crippen LogP contribution in [0.15, 0.2) is 96.9 Å². The smallest absolute Gasteiger partial charge is 0.0629 e. The summed E-state index contributed by atoms with van der Waals surface area (Å²) in [7, 11) is 0. The lowest BCUT2D eigenvalue weighted by molar-refractivity contribution is 0.590. The molecule has 2 heteroatoms. The molecule has 0 amide bonds. The number of rotatable bonds is 4. The van der Waals surface area contributed by atoms with Crippen molar-refractivity contribution in [2.24, 2.45) is 0 Å². The zero-order chi connectivity index (χ0) is 25.5. The molecule has 0 spiro atoms. The second kappa shape index (κ2) is 8.08. The zero-order valence-corrected chi connectivity index (χ0v) is 17.4. The highest BCUT2D eigenvalue weighted by atomic mass is 14.9. The Balaban J connectivity index is 2.05. The SMILES string of the molecule is [2H]c1c([2H])c([2H])c(-c2cccc(-c3cccc(C(C)(C)C)c3)c2Nc2ccccc2N)c([2H])c1[2H]. The largest absolute Gasteiger partial charge is 0.397 e. The van der Waals surface area contributed by atoms with Gasteiger partial charge in [-0.05, 0) is 34.2 Å². The Kier molecular flexibility index (Phi) is 3.89. The molecule has 2 nitrogen and oxygen atoms in total. The van der Waals surface area contributed by atoms with Gasteiger partial charge in [0.25, 0.3) is 0 Å². The number of para-hydroxylation sites is 3. The lowest BCUT2D eigenvalue weighted by Gasteiger charge is -2.22. The highest BCUT2D eigenvalue weighted by Crippen LogP contribution is 2.40. The Bertz CT molecular complexity index is 1390. The van der Waals surface area contributed by atoms with Crippen molar-refractivity contribution in [1.82, 2.24) is 0 Å². The number of nitrogens with one attached hydrogen (secondary N) is 1. The molecule has 4 rings (SSSR count). The van der Waals surface area contributed by atoms with Crippen molar-refractivity contribution in [3.8, 4) is 22.3 Å². The fraction of sp³-hybridized carbons (Fsp3) is 0.143. The molecular formula is C28H28N2. The molecule has 30 heavy (non-hydrogen) atoms. The molecule has 0 aliphatic carbocycles. The molecular weight excluding hydrogens is 364 g/mol. The predicted octanol–water partition coefficient (Wildman–Crippen LogP) is 7.64. The first kappa shape index (κ1) is 14.5. The number of anilines is 3. The molecule has 0 unspecified atom stereocenters. The molecule has 0 aliphatic heterocycles. The van der Waals surface area contributed by atoms with Gasteiger partial charge in [0.1, 0.15) is 0 Å². The molecule has 0 radical (unpaired) electrons. The summed E-state index contributed by atoms with van der Waals surface area (Å²) in [5.74, 6) is 0. The third-order valence-electron chi connectivity index (χ3n) is 5.09. The zero-order valence-electron chi connectivity index (χ0n) is 22.4. The third kappa shape index (κ3) is 4.08. The maximum Gasteiger partial charge on any atom is 0.0629 e. The Morgan fingerprint density at radius 1 is 0.767 bits per heavy atom. The monoisotopic (exact) mass is 397 g/mol. The maximum absolute atomic E-state index is 8.56. The highest BCUT2D eigenvalue weighted by molar-refractivity contribution is 5.94. The van der Waals surface area contributed by atoms with E-state index in [1.165, 1.54) is 0 Å². The van der Waals surface area contributed by atoms with E-state index in [1.807, 2.05) is 42.5 Å². The van der Waals surface area contributed by atoms with Crippen molar-refractivity contribution in [3.63, 3.8) is 0 Å². The van der Waals surface area contributed by atoms with E-state index in [4.69, 9.17) is 12.6 Å². The lowest BCUT2D eigenvalue weighted by atomic mass is 9.85. The van der Waals surface area contributed by atoms with Gasteiger partial charge in [-0.2, -0.15) is 0 Å². The minimum Gasteiger partial charge on any atom is -0.397 e. The van der Waals surface area contributed by atoms with Crippen LogP contribution in [0.2, 0.25) is 0 Å². The number of benzene rings is 4. The van der Waals surface area contributed by atoms with Crippen LogP contribution in [0.1, 0.15) is 33.2 Å². The highest BCUT2D eigenvalue weighted by Gasteiger charge is 2.17. The molecule has 0 fully saturated rings. The standard InChI is InChI=1S/C28H28N2/c1-28(2,3)22-14-9-13-21(19-22)24-16-10-15-23(20-11-5-4-6-12-20)27(24)30-26-18-8-7-17-25(26)29/h4-19,30H,29H2,1-3H3/i4D,5D,6D,11D,12D. The first-order valence-corrected chi connectivity index (χ1v) is 9.93. The van der Waals surface area contributed by atoms with E-state index in [0.717, 1.165) is 16.7 Å². The first-order valence-electron chi connectivity index (χ1n) is 12.4. The van der Waals surface area contributed by atoms with Crippen molar-refractivity contribution in [1.29, 1.82) is 0 Å². The van der Waals surface area contributed by atoms with Crippen LogP contribution in [-0.4, -0.2) is 0 Å². The molecule has 0 atom stereocenters. The van der Waals surface area contributed by atoms with E-state index in [2.05, 4.69) is 38.2 Å². The van der Waals surface area contributed by atoms with Crippen LogP contribution in [0.3, 0.4) is 0 Å². The summed E-state index contributed by atoms with van der Waals surface area (Å²) in [4.78, 5) is 0. The van der Waals surface area contributed by atoms with Gasteiger partial charge in [-0.15, -0.1) is 0 Å². The van der Waals surface area contributed by atoms with Crippen molar-refractivity contribution >= 4 is 17.1 Å². The van der Waals surface area contributed by atoms with Gasteiger partial charge in [-0.1, -0.05) is 106 Å². The van der Waals surface area contributed by atoms with Crippen molar-refractivity contribution in [3.05, 3.63) is 103 Å². The van der Waals surface area contributed by atoms with Crippen molar-refractivity contribution in [2.45, 2.75) is 26.2 Å². The van der Waals surface area contributed by atoms with Crippen LogP contribution < -0.4 is 11.1 Å². The van der Waals surface area contributed by atoms with Gasteiger partial charge in [0.2, 0.25) is 0 Å². The van der Waals surface area contributed by atoms with E-state index in [9.17, 15) is 0 Å². The van der Waals surface area contributed by atoms with E-state index in [-0.39, 0.29) is 35.1 Å². The molecule has 0 saturated carbocycles. The van der Waals surface area contributed by atoms with Gasteiger partial charge in [0.05, 0.1) is 23.9 Å². The topological polar surface area (TPSA) is 38.0 Å². The number of nitrogen functional groups attached to an aromatic ring is 1. The van der Waals surface area contributed by atoms with Crippen LogP contribution >= 0.6 is 0 Å². The van der Waals surface area contributed by atoms with Gasteiger partial charge in [0.15, 0.2) is 0 Å². The average molecular weight is 398 g/mol. The van der Waals surface area contributed by atoms with Gasteiger partial charge in [-0.3, -0.25) is 0 Å². The molecule has 4 aromatic rings. The van der Waals surface area contributed by atoms with E-state index in [1.54, 1.807) is 12.1 Å². The third-order valence-corrected chi connectivity index (χ3v) is 5.09. The van der Waals surface area contributed by atoms with Crippen LogP contribution in [0.4, 0.5) is 17.1 Å². The first-order chi connectivity index (χ1) is 16.5. The molecule has 0 bridgehead atoms. The fourth-order valence-corrected chi connectivity index (χ4v) is 3.42. The van der Waals surface area contributed by atoms with Gasteiger partial charge >= 0.3 is 0 Å². The summed E-state index contributed by atoms with van der Waals surface area (Å²) in [6.07, 6.45) is 0. The fourth-order valence-electron chi connectivity index (χ4n) is 3.42. The maximum atomic E-state index is 8.56. The second-order valence-electron chi connectivity index (χ2n) is 8.27. The molecule has 0 aromatic heterocycles. The summed E-state index contributed by atoms with van der Waals surface area (Å²) in [5.41, 5.74) is 11.6. The van der Waals surface area contributed by atoms with Gasteiger partial charge in [-0.25, -0.2) is 0 Å². The summed E-state index contributed by atoms with van der Waals surface area (Å²) in [6.45, 7) is 6.46. The van der Waals surface area contributed by atoms with Crippen LogP contribution in [0.5, 0.6) is 0 Å². The van der Waals surface area contributed by atoms with Crippen molar-refractivity contribution in [2.75, 3.05) is 11.1 Å². The summed E-state index contributed by atoms with van der Waals surface area (Å²) < 4.78 is 41.5. The molecule has 0 aliphatic rings. The van der Waals surface area contributed by atoms with Crippen LogP contribution in [0, 0.1) is 0 Å². The van der Waals surface area contributed by atoms with Gasteiger partial charge in [0, 0.05) is 11.1 Å². The molecule has 3 N–H and O–H groups in total. The minimum atomic E-state index is -0.417.